The minimum absolute atomic E-state index is 0.110. The van der Waals surface area contributed by atoms with Gasteiger partial charge in [0.25, 0.3) is 0 Å². The van der Waals surface area contributed by atoms with Gasteiger partial charge in [-0.15, -0.1) is 0 Å². The highest BCUT2D eigenvalue weighted by molar-refractivity contribution is 5.22. The molecule has 1 aromatic carbocycles. The molecule has 3 unspecified atom stereocenters. The van der Waals surface area contributed by atoms with Gasteiger partial charge in [-0.2, -0.15) is 0 Å². The zero-order valence-electron chi connectivity index (χ0n) is 10.3. The van der Waals surface area contributed by atoms with E-state index < -0.39 is 11.6 Å². The Kier molecular flexibility index (Phi) is 4.27. The molecule has 3 N–H and O–H groups in total. The van der Waals surface area contributed by atoms with Crippen LogP contribution in [0.3, 0.4) is 0 Å². The number of halogens is 2. The van der Waals surface area contributed by atoms with Crippen LogP contribution in [0.4, 0.5) is 8.78 Å². The molecule has 1 saturated heterocycles. The van der Waals surface area contributed by atoms with Crippen LogP contribution in [0.15, 0.2) is 18.2 Å². The molecular formula is C13H18F2N2O. The van der Waals surface area contributed by atoms with Crippen molar-refractivity contribution in [3.8, 4) is 0 Å². The van der Waals surface area contributed by atoms with Crippen molar-refractivity contribution in [2.75, 3.05) is 6.61 Å². The Labute approximate surface area is 105 Å². The highest BCUT2D eigenvalue weighted by atomic mass is 19.2. The lowest BCUT2D eigenvalue weighted by Gasteiger charge is -2.26. The van der Waals surface area contributed by atoms with Crippen LogP contribution in [0, 0.1) is 17.6 Å². The summed E-state index contributed by atoms with van der Waals surface area (Å²) in [6.45, 7) is 2.73. The first-order valence-electron chi connectivity index (χ1n) is 6.20. The van der Waals surface area contributed by atoms with Crippen molar-refractivity contribution in [2.24, 2.45) is 11.8 Å². The molecule has 0 aliphatic carbocycles. The number of nitrogens with two attached hydrogens (primary N) is 1. The lowest BCUT2D eigenvalue weighted by Crippen LogP contribution is -2.37. The van der Waals surface area contributed by atoms with Gasteiger partial charge in [-0.05, 0) is 30.5 Å². The Bertz CT molecular complexity index is 414. The second kappa shape index (κ2) is 5.73. The van der Waals surface area contributed by atoms with Gasteiger partial charge in [-0.3, -0.25) is 11.3 Å². The summed E-state index contributed by atoms with van der Waals surface area (Å²) in [5.74, 6) is 4.06. The number of ether oxygens (including phenoxy) is 1. The van der Waals surface area contributed by atoms with Gasteiger partial charge in [0, 0.05) is 12.5 Å². The fourth-order valence-corrected chi connectivity index (χ4v) is 2.64. The Balaban J connectivity index is 2.24. The van der Waals surface area contributed by atoms with Crippen LogP contribution in [0.25, 0.3) is 0 Å². The van der Waals surface area contributed by atoms with Gasteiger partial charge in [0.1, 0.15) is 0 Å². The quantitative estimate of drug-likeness (QED) is 0.642. The van der Waals surface area contributed by atoms with Crippen LogP contribution in [0.2, 0.25) is 0 Å². The Morgan fingerprint density at radius 2 is 2.22 bits per heavy atom. The molecule has 18 heavy (non-hydrogen) atoms. The second-order valence-corrected chi connectivity index (χ2v) is 4.59. The average molecular weight is 256 g/mol. The highest BCUT2D eigenvalue weighted by Crippen LogP contribution is 2.34. The van der Waals surface area contributed by atoms with Gasteiger partial charge in [-0.1, -0.05) is 13.0 Å². The van der Waals surface area contributed by atoms with Crippen molar-refractivity contribution < 1.29 is 13.5 Å². The second-order valence-electron chi connectivity index (χ2n) is 4.59. The SMILES string of the molecule is CCC1OCCC1C(NN)c1ccc(F)c(F)c1. The summed E-state index contributed by atoms with van der Waals surface area (Å²) in [6.07, 6.45) is 1.86. The summed E-state index contributed by atoms with van der Waals surface area (Å²) in [4.78, 5) is 0. The van der Waals surface area contributed by atoms with Gasteiger partial charge in [0.15, 0.2) is 11.6 Å². The third-order valence-corrected chi connectivity index (χ3v) is 3.57. The molecule has 0 saturated carbocycles. The Morgan fingerprint density at radius 1 is 1.44 bits per heavy atom. The molecule has 3 nitrogen and oxygen atoms in total. The topological polar surface area (TPSA) is 47.3 Å². The molecule has 0 aromatic heterocycles. The lowest BCUT2D eigenvalue weighted by atomic mass is 9.87. The molecule has 5 heteroatoms. The molecule has 1 aromatic rings. The van der Waals surface area contributed by atoms with Crippen LogP contribution >= 0.6 is 0 Å². The van der Waals surface area contributed by atoms with Crippen molar-refractivity contribution in [3.05, 3.63) is 35.4 Å². The van der Waals surface area contributed by atoms with Gasteiger partial charge < -0.3 is 4.74 Å². The largest absolute Gasteiger partial charge is 0.378 e. The Morgan fingerprint density at radius 3 is 2.83 bits per heavy atom. The molecule has 0 amide bonds. The maximum atomic E-state index is 13.3. The number of hydrogen-bond donors (Lipinski definition) is 2. The molecule has 1 aliphatic rings. The van der Waals surface area contributed by atoms with Crippen LogP contribution in [-0.2, 0) is 4.74 Å². The number of nitrogens with one attached hydrogen (secondary N) is 1. The molecule has 1 fully saturated rings. The van der Waals surface area contributed by atoms with Crippen molar-refractivity contribution in [3.63, 3.8) is 0 Å². The first-order chi connectivity index (χ1) is 8.67. The first-order valence-corrected chi connectivity index (χ1v) is 6.20. The van der Waals surface area contributed by atoms with E-state index in [1.165, 1.54) is 6.07 Å². The average Bonchev–Trinajstić information content (AvgIpc) is 2.83. The lowest BCUT2D eigenvalue weighted by molar-refractivity contribution is 0.0773. The van der Waals surface area contributed by atoms with Crippen LogP contribution in [0.5, 0.6) is 0 Å². The minimum Gasteiger partial charge on any atom is -0.378 e. The van der Waals surface area contributed by atoms with E-state index in [1.807, 2.05) is 6.92 Å². The predicted octanol–water partition coefficient (Wildman–Crippen LogP) is 2.28. The third-order valence-electron chi connectivity index (χ3n) is 3.57. The van der Waals surface area contributed by atoms with Crippen molar-refractivity contribution in [1.29, 1.82) is 0 Å². The summed E-state index contributed by atoms with van der Waals surface area (Å²) in [5.41, 5.74) is 3.36. The van der Waals surface area contributed by atoms with E-state index >= 15 is 0 Å². The molecular weight excluding hydrogens is 238 g/mol. The molecule has 100 valence electrons. The Hall–Kier alpha value is -1.04. The van der Waals surface area contributed by atoms with Crippen molar-refractivity contribution in [2.45, 2.75) is 31.9 Å². The first kappa shape index (κ1) is 13.4. The molecule has 0 radical (unpaired) electrons. The van der Waals surface area contributed by atoms with E-state index in [1.54, 1.807) is 6.07 Å². The summed E-state index contributed by atoms with van der Waals surface area (Å²) in [5, 5.41) is 0. The van der Waals surface area contributed by atoms with Crippen molar-refractivity contribution >= 4 is 0 Å². The van der Waals surface area contributed by atoms with Crippen LogP contribution in [0.1, 0.15) is 31.4 Å². The van der Waals surface area contributed by atoms with E-state index in [0.717, 1.165) is 18.9 Å². The molecule has 0 bridgehead atoms. The summed E-state index contributed by atoms with van der Waals surface area (Å²) < 4.78 is 31.8. The van der Waals surface area contributed by atoms with Gasteiger partial charge in [-0.25, -0.2) is 8.78 Å². The third kappa shape index (κ3) is 2.53. The molecule has 0 spiro atoms. The van der Waals surface area contributed by atoms with E-state index in [0.29, 0.717) is 12.2 Å². The van der Waals surface area contributed by atoms with E-state index in [-0.39, 0.29) is 18.1 Å². The van der Waals surface area contributed by atoms with E-state index in [9.17, 15) is 8.78 Å². The minimum atomic E-state index is -0.847. The zero-order chi connectivity index (χ0) is 13.1. The fourth-order valence-electron chi connectivity index (χ4n) is 2.64. The molecule has 1 heterocycles. The number of hydrogen-bond acceptors (Lipinski definition) is 3. The number of hydrazine groups is 1. The van der Waals surface area contributed by atoms with Crippen LogP contribution < -0.4 is 11.3 Å². The highest BCUT2D eigenvalue weighted by Gasteiger charge is 2.34. The summed E-state index contributed by atoms with van der Waals surface area (Å²) in [6, 6.07) is 3.68. The van der Waals surface area contributed by atoms with Gasteiger partial charge >= 0.3 is 0 Å². The maximum Gasteiger partial charge on any atom is 0.159 e. The van der Waals surface area contributed by atoms with E-state index in [4.69, 9.17) is 10.6 Å². The van der Waals surface area contributed by atoms with Gasteiger partial charge in [0.05, 0.1) is 12.1 Å². The number of rotatable bonds is 4. The normalized spacial score (nSPS) is 25.3. The van der Waals surface area contributed by atoms with Gasteiger partial charge in [0.2, 0.25) is 0 Å². The zero-order valence-corrected chi connectivity index (χ0v) is 10.3. The monoisotopic (exact) mass is 256 g/mol. The fraction of sp³-hybridized carbons (Fsp3) is 0.538. The molecule has 2 rings (SSSR count). The van der Waals surface area contributed by atoms with Crippen LogP contribution in [-0.4, -0.2) is 12.7 Å². The molecule has 1 aliphatic heterocycles. The predicted molar refractivity (Wildman–Crippen MR) is 64.6 cm³/mol. The van der Waals surface area contributed by atoms with E-state index in [2.05, 4.69) is 5.43 Å². The maximum absolute atomic E-state index is 13.3. The smallest absolute Gasteiger partial charge is 0.159 e. The standard InChI is InChI=1S/C13H18F2N2O/c1-2-12-9(5-6-18-12)13(17-16)8-3-4-10(14)11(15)7-8/h3-4,7,9,12-13,17H,2,5-6,16H2,1H3. The van der Waals surface area contributed by atoms with Crippen molar-refractivity contribution in [1.82, 2.24) is 5.43 Å². The number of benzene rings is 1. The summed E-state index contributed by atoms with van der Waals surface area (Å²) in [7, 11) is 0. The summed E-state index contributed by atoms with van der Waals surface area (Å²) >= 11 is 0. The molecule has 3 atom stereocenters.